The lowest BCUT2D eigenvalue weighted by molar-refractivity contribution is 0.301. The highest BCUT2D eigenvalue weighted by atomic mass is 16.5. The third kappa shape index (κ3) is 7.02. The lowest BCUT2D eigenvalue weighted by Crippen LogP contribution is -2.36. The first-order valence-electron chi connectivity index (χ1n) is 7.12. The molecule has 0 aliphatic heterocycles. The summed E-state index contributed by atoms with van der Waals surface area (Å²) in [6, 6.07) is 8.16. The van der Waals surface area contributed by atoms with Gasteiger partial charge in [0.25, 0.3) is 0 Å². The van der Waals surface area contributed by atoms with Crippen molar-refractivity contribution in [2.24, 2.45) is 0 Å². The Morgan fingerprint density at radius 3 is 2.58 bits per heavy atom. The smallest absolute Gasteiger partial charge is 0.126 e. The first-order chi connectivity index (χ1) is 9.03. The zero-order valence-electron chi connectivity index (χ0n) is 12.7. The number of nitrogens with one attached hydrogen (secondary N) is 1. The van der Waals surface area contributed by atoms with Crippen LogP contribution in [-0.2, 0) is 0 Å². The van der Waals surface area contributed by atoms with E-state index in [1.807, 2.05) is 31.2 Å². The topological polar surface area (TPSA) is 21.3 Å². The second kappa shape index (κ2) is 8.00. The minimum atomic E-state index is 0.208. The van der Waals surface area contributed by atoms with Gasteiger partial charge in [-0.25, -0.2) is 0 Å². The van der Waals surface area contributed by atoms with Crippen molar-refractivity contribution in [2.75, 3.05) is 13.2 Å². The van der Waals surface area contributed by atoms with Crippen molar-refractivity contribution in [1.29, 1.82) is 0 Å². The van der Waals surface area contributed by atoms with Crippen LogP contribution in [0, 0.1) is 0 Å². The number of benzene rings is 1. The normalized spacial score (nSPS) is 12.0. The quantitative estimate of drug-likeness (QED) is 0.740. The van der Waals surface area contributed by atoms with E-state index in [0.717, 1.165) is 37.3 Å². The Morgan fingerprint density at radius 1 is 1.16 bits per heavy atom. The van der Waals surface area contributed by atoms with E-state index in [1.165, 1.54) is 0 Å². The van der Waals surface area contributed by atoms with Crippen LogP contribution in [0.4, 0.5) is 0 Å². The third-order valence-electron chi connectivity index (χ3n) is 2.75. The summed E-state index contributed by atoms with van der Waals surface area (Å²) in [7, 11) is 0. The van der Waals surface area contributed by atoms with Gasteiger partial charge in [-0.3, -0.25) is 0 Å². The third-order valence-corrected chi connectivity index (χ3v) is 2.75. The minimum Gasteiger partial charge on any atom is -0.493 e. The number of hydrogen-bond acceptors (Lipinski definition) is 2. The van der Waals surface area contributed by atoms with Crippen LogP contribution in [0.5, 0.6) is 5.75 Å². The molecule has 0 spiro atoms. The van der Waals surface area contributed by atoms with E-state index in [-0.39, 0.29) is 5.54 Å². The monoisotopic (exact) mass is 261 g/mol. The molecule has 1 aromatic rings. The fourth-order valence-electron chi connectivity index (χ4n) is 1.80. The van der Waals surface area contributed by atoms with Gasteiger partial charge in [0.2, 0.25) is 0 Å². The molecule has 0 unspecified atom stereocenters. The summed E-state index contributed by atoms with van der Waals surface area (Å²) in [5.74, 6) is 0.976. The zero-order chi connectivity index (χ0) is 14.1. The number of unbranched alkanes of at least 4 members (excludes halogenated alkanes) is 1. The van der Waals surface area contributed by atoms with Crippen LogP contribution >= 0.6 is 0 Å². The summed E-state index contributed by atoms with van der Waals surface area (Å²) >= 11 is 0. The molecule has 0 bridgehead atoms. The molecule has 0 saturated carbocycles. The Bertz CT molecular complexity index is 390. The molecule has 1 rings (SSSR count). The summed E-state index contributed by atoms with van der Waals surface area (Å²) < 4.78 is 5.84. The molecule has 1 N–H and O–H groups in total. The average Bonchev–Trinajstić information content (AvgIpc) is 2.34. The molecule has 19 heavy (non-hydrogen) atoms. The zero-order valence-corrected chi connectivity index (χ0v) is 12.7. The Hall–Kier alpha value is -1.28. The van der Waals surface area contributed by atoms with Gasteiger partial charge in [0, 0.05) is 11.1 Å². The van der Waals surface area contributed by atoms with Crippen LogP contribution < -0.4 is 10.1 Å². The maximum Gasteiger partial charge on any atom is 0.126 e. The van der Waals surface area contributed by atoms with Gasteiger partial charge in [0.15, 0.2) is 0 Å². The Labute approximate surface area is 117 Å². The fourth-order valence-corrected chi connectivity index (χ4v) is 1.80. The van der Waals surface area contributed by atoms with Crippen LogP contribution in [0.3, 0.4) is 0 Å². The highest BCUT2D eigenvalue weighted by Crippen LogP contribution is 2.19. The summed E-state index contributed by atoms with van der Waals surface area (Å²) in [5.41, 5.74) is 1.36. The van der Waals surface area contributed by atoms with Crippen molar-refractivity contribution in [3.63, 3.8) is 0 Å². The van der Waals surface area contributed by atoms with Crippen LogP contribution in [0.25, 0.3) is 6.08 Å². The number of allylic oxidation sites excluding steroid dienone is 1. The van der Waals surface area contributed by atoms with Crippen LogP contribution in [-0.4, -0.2) is 18.7 Å². The van der Waals surface area contributed by atoms with Crippen molar-refractivity contribution in [3.8, 4) is 5.75 Å². The Balaban J connectivity index is 2.26. The minimum absolute atomic E-state index is 0.208. The van der Waals surface area contributed by atoms with Crippen molar-refractivity contribution >= 4 is 6.08 Å². The predicted octanol–water partition coefficient (Wildman–Crippen LogP) is 4.27. The molecule has 0 aromatic heterocycles. The summed E-state index contributed by atoms with van der Waals surface area (Å²) in [6.45, 7) is 10.4. The largest absolute Gasteiger partial charge is 0.493 e. The molecule has 0 saturated heterocycles. The van der Waals surface area contributed by atoms with Crippen molar-refractivity contribution < 1.29 is 4.74 Å². The molecule has 0 radical (unpaired) electrons. The van der Waals surface area contributed by atoms with E-state index in [0.29, 0.717) is 0 Å². The van der Waals surface area contributed by atoms with E-state index in [2.05, 4.69) is 38.2 Å². The lowest BCUT2D eigenvalue weighted by atomic mass is 10.1. The molecule has 106 valence electrons. The van der Waals surface area contributed by atoms with E-state index in [1.54, 1.807) is 0 Å². The first-order valence-corrected chi connectivity index (χ1v) is 7.12. The van der Waals surface area contributed by atoms with Gasteiger partial charge >= 0.3 is 0 Å². The summed E-state index contributed by atoms with van der Waals surface area (Å²) in [6.07, 6.45) is 6.34. The Kier molecular flexibility index (Phi) is 6.65. The van der Waals surface area contributed by atoms with Gasteiger partial charge in [-0.05, 0) is 53.1 Å². The van der Waals surface area contributed by atoms with E-state index in [9.17, 15) is 0 Å². The SMILES string of the molecule is CC=Cc1ccccc1OCCCCNC(C)(C)C. The van der Waals surface area contributed by atoms with Gasteiger partial charge in [0.1, 0.15) is 5.75 Å². The standard InChI is InChI=1S/C17H27NO/c1-5-10-15-11-6-7-12-16(15)19-14-9-8-13-18-17(2,3)4/h5-7,10-12,18H,8-9,13-14H2,1-4H3. The first kappa shape index (κ1) is 15.8. The van der Waals surface area contributed by atoms with E-state index in [4.69, 9.17) is 4.74 Å². The van der Waals surface area contributed by atoms with Crippen LogP contribution in [0.2, 0.25) is 0 Å². The number of para-hydroxylation sites is 1. The van der Waals surface area contributed by atoms with Gasteiger partial charge < -0.3 is 10.1 Å². The fraction of sp³-hybridized carbons (Fsp3) is 0.529. The summed E-state index contributed by atoms with van der Waals surface area (Å²) in [5, 5.41) is 3.49. The van der Waals surface area contributed by atoms with Crippen molar-refractivity contribution in [1.82, 2.24) is 5.32 Å². The highest BCUT2D eigenvalue weighted by Gasteiger charge is 2.07. The van der Waals surface area contributed by atoms with Gasteiger partial charge in [-0.1, -0.05) is 30.4 Å². The molecule has 0 atom stereocenters. The van der Waals surface area contributed by atoms with Crippen molar-refractivity contribution in [3.05, 3.63) is 35.9 Å². The molecule has 0 fully saturated rings. The molecule has 2 nitrogen and oxygen atoms in total. The maximum atomic E-state index is 5.84. The predicted molar refractivity (Wildman–Crippen MR) is 83.6 cm³/mol. The highest BCUT2D eigenvalue weighted by molar-refractivity contribution is 5.56. The maximum absolute atomic E-state index is 5.84. The van der Waals surface area contributed by atoms with Gasteiger partial charge in [-0.2, -0.15) is 0 Å². The molecule has 0 aliphatic rings. The molecule has 0 aliphatic carbocycles. The van der Waals surface area contributed by atoms with Crippen molar-refractivity contribution in [2.45, 2.75) is 46.1 Å². The second-order valence-corrected chi connectivity index (χ2v) is 5.77. The molecule has 0 heterocycles. The molecular weight excluding hydrogens is 234 g/mol. The average molecular weight is 261 g/mol. The molecule has 0 amide bonds. The number of ether oxygens (including phenoxy) is 1. The number of hydrogen-bond donors (Lipinski definition) is 1. The number of rotatable bonds is 7. The van der Waals surface area contributed by atoms with Crippen LogP contribution in [0.1, 0.15) is 46.1 Å². The Morgan fingerprint density at radius 2 is 1.89 bits per heavy atom. The van der Waals surface area contributed by atoms with Gasteiger partial charge in [-0.15, -0.1) is 0 Å². The molecule has 1 aromatic carbocycles. The molecule has 2 heteroatoms. The second-order valence-electron chi connectivity index (χ2n) is 5.77. The van der Waals surface area contributed by atoms with E-state index >= 15 is 0 Å². The van der Waals surface area contributed by atoms with Crippen LogP contribution in [0.15, 0.2) is 30.3 Å². The lowest BCUT2D eigenvalue weighted by Gasteiger charge is -2.20. The molecular formula is C17H27NO. The summed E-state index contributed by atoms with van der Waals surface area (Å²) in [4.78, 5) is 0. The van der Waals surface area contributed by atoms with E-state index < -0.39 is 0 Å². The van der Waals surface area contributed by atoms with Gasteiger partial charge in [0.05, 0.1) is 6.61 Å².